The largest absolute Gasteiger partial charge is 0.465 e. The summed E-state index contributed by atoms with van der Waals surface area (Å²) < 4.78 is 12.1. The quantitative estimate of drug-likeness (QED) is 0.294. The number of aromatic nitrogens is 3. The molecule has 0 unspecified atom stereocenters. The van der Waals surface area contributed by atoms with Crippen LogP contribution in [0, 0.1) is 20.8 Å². The van der Waals surface area contributed by atoms with Crippen LogP contribution in [0.1, 0.15) is 27.5 Å². The Balaban J connectivity index is 1.62. The van der Waals surface area contributed by atoms with Crippen molar-refractivity contribution in [3.8, 4) is 21.8 Å². The van der Waals surface area contributed by atoms with Crippen LogP contribution in [0.3, 0.4) is 0 Å². The number of ether oxygens (including phenoxy) is 1. The third kappa shape index (κ3) is 4.04. The molecule has 34 heavy (non-hydrogen) atoms. The van der Waals surface area contributed by atoms with Gasteiger partial charge in [-0.05, 0) is 32.9 Å². The smallest absolute Gasteiger partial charge is 0.342 e. The van der Waals surface area contributed by atoms with Crippen molar-refractivity contribution >= 4 is 39.2 Å². The van der Waals surface area contributed by atoms with Crippen LogP contribution in [0.5, 0.6) is 0 Å². The van der Waals surface area contributed by atoms with Gasteiger partial charge in [0.15, 0.2) is 0 Å². The minimum atomic E-state index is -0.484. The fraction of sp³-hybridized carbons (Fsp3) is 0.154. The molecule has 1 N–H and O–H groups in total. The van der Waals surface area contributed by atoms with Crippen molar-refractivity contribution < 1.29 is 13.9 Å². The van der Waals surface area contributed by atoms with Crippen LogP contribution in [0.2, 0.25) is 0 Å². The van der Waals surface area contributed by atoms with Gasteiger partial charge >= 0.3 is 5.97 Å². The molecule has 0 aliphatic heterocycles. The standard InChI is InChI=1S/C26H22N4O3S/c1-14-9-11-17(12-10-14)19-13-21(28-16(3)27-19)30-24-23(22(15(2)33-24)26(31)32-4)25-29-18-7-5-6-8-20(18)34-25/h5-13H,1-4H3,(H,27,28,30). The van der Waals surface area contributed by atoms with Crippen LogP contribution in [0.25, 0.3) is 32.0 Å². The Morgan fingerprint density at radius 3 is 2.50 bits per heavy atom. The third-order valence-electron chi connectivity index (χ3n) is 5.41. The minimum absolute atomic E-state index is 0.341. The van der Waals surface area contributed by atoms with E-state index in [2.05, 4.69) is 15.3 Å². The van der Waals surface area contributed by atoms with E-state index >= 15 is 0 Å². The Kier molecular flexibility index (Phi) is 5.59. The van der Waals surface area contributed by atoms with Gasteiger partial charge in [-0.2, -0.15) is 0 Å². The van der Waals surface area contributed by atoms with Gasteiger partial charge in [0, 0.05) is 11.6 Å². The zero-order valence-corrected chi connectivity index (χ0v) is 20.0. The zero-order chi connectivity index (χ0) is 23.8. The number of esters is 1. The molecule has 3 aromatic heterocycles. The number of hydrogen-bond donors (Lipinski definition) is 1. The Morgan fingerprint density at radius 1 is 1.00 bits per heavy atom. The van der Waals surface area contributed by atoms with Crippen molar-refractivity contribution in [1.29, 1.82) is 0 Å². The summed E-state index contributed by atoms with van der Waals surface area (Å²) in [5, 5.41) is 3.92. The molecule has 0 amide bonds. The van der Waals surface area contributed by atoms with E-state index in [1.807, 2.05) is 68.4 Å². The molecule has 0 aliphatic rings. The van der Waals surface area contributed by atoms with E-state index in [9.17, 15) is 4.79 Å². The van der Waals surface area contributed by atoms with Crippen LogP contribution in [-0.4, -0.2) is 28.0 Å². The number of para-hydroxylation sites is 1. The highest BCUT2D eigenvalue weighted by molar-refractivity contribution is 7.21. The van der Waals surface area contributed by atoms with Crippen LogP contribution >= 0.6 is 11.3 Å². The van der Waals surface area contributed by atoms with E-state index in [0.717, 1.165) is 21.5 Å². The highest BCUT2D eigenvalue weighted by Crippen LogP contribution is 2.41. The fourth-order valence-electron chi connectivity index (χ4n) is 3.78. The van der Waals surface area contributed by atoms with Gasteiger partial charge in [0.2, 0.25) is 5.88 Å². The van der Waals surface area contributed by atoms with E-state index in [4.69, 9.17) is 14.1 Å². The molecule has 0 spiro atoms. The van der Waals surface area contributed by atoms with Gasteiger partial charge in [-0.3, -0.25) is 0 Å². The van der Waals surface area contributed by atoms with E-state index in [1.54, 1.807) is 6.92 Å². The summed E-state index contributed by atoms with van der Waals surface area (Å²) in [6.45, 7) is 5.62. The Morgan fingerprint density at radius 2 is 1.76 bits per heavy atom. The Hall–Kier alpha value is -4.04. The topological polar surface area (TPSA) is 90.1 Å². The summed E-state index contributed by atoms with van der Waals surface area (Å²) in [5.41, 5.74) is 4.69. The number of nitrogens with one attached hydrogen (secondary N) is 1. The number of rotatable bonds is 5. The molecular formula is C26H22N4O3S. The second-order valence-corrected chi connectivity index (χ2v) is 8.92. The molecule has 5 rings (SSSR count). The molecule has 0 bridgehead atoms. The predicted molar refractivity (Wildman–Crippen MR) is 134 cm³/mol. The average molecular weight is 471 g/mol. The van der Waals surface area contributed by atoms with Gasteiger partial charge in [-0.1, -0.05) is 42.0 Å². The SMILES string of the molecule is COC(=O)c1c(C)oc(Nc2cc(-c3ccc(C)cc3)nc(C)n2)c1-c1nc2ccccc2s1. The molecule has 0 radical (unpaired) electrons. The lowest BCUT2D eigenvalue weighted by molar-refractivity contribution is 0.0599. The van der Waals surface area contributed by atoms with Crippen LogP contribution < -0.4 is 5.32 Å². The monoisotopic (exact) mass is 470 g/mol. The van der Waals surface area contributed by atoms with E-state index in [1.165, 1.54) is 24.0 Å². The minimum Gasteiger partial charge on any atom is -0.465 e. The van der Waals surface area contributed by atoms with Gasteiger partial charge in [0.05, 0.1) is 28.6 Å². The Bertz CT molecular complexity index is 1490. The van der Waals surface area contributed by atoms with Gasteiger partial charge in [-0.15, -0.1) is 11.3 Å². The first-order valence-corrected chi connectivity index (χ1v) is 11.5. The maximum absolute atomic E-state index is 12.7. The summed E-state index contributed by atoms with van der Waals surface area (Å²) in [6, 6.07) is 17.8. The predicted octanol–water partition coefficient (Wildman–Crippen LogP) is 6.47. The molecule has 8 heteroatoms. The van der Waals surface area contributed by atoms with Crippen molar-refractivity contribution in [1.82, 2.24) is 15.0 Å². The molecule has 5 aromatic rings. The van der Waals surface area contributed by atoms with E-state index < -0.39 is 5.97 Å². The van der Waals surface area contributed by atoms with Crippen molar-refractivity contribution in [2.24, 2.45) is 0 Å². The number of thiazole rings is 1. The summed E-state index contributed by atoms with van der Waals surface area (Å²) in [6.07, 6.45) is 0. The van der Waals surface area contributed by atoms with Crippen LogP contribution in [0.15, 0.2) is 59.0 Å². The number of nitrogens with zero attached hydrogens (tertiary/aromatic N) is 3. The number of fused-ring (bicyclic) bond motifs is 1. The maximum atomic E-state index is 12.7. The van der Waals surface area contributed by atoms with Crippen LogP contribution in [0.4, 0.5) is 11.7 Å². The van der Waals surface area contributed by atoms with E-state index in [-0.39, 0.29) is 0 Å². The lowest BCUT2D eigenvalue weighted by Crippen LogP contribution is -2.04. The molecule has 0 aliphatic carbocycles. The number of benzene rings is 2. The summed E-state index contributed by atoms with van der Waals surface area (Å²) in [4.78, 5) is 26.5. The van der Waals surface area contributed by atoms with Crippen molar-refractivity contribution in [2.45, 2.75) is 20.8 Å². The molecule has 2 aromatic carbocycles. The molecule has 3 heterocycles. The van der Waals surface area contributed by atoms with Gasteiger partial charge in [0.1, 0.15) is 28.0 Å². The molecule has 170 valence electrons. The molecule has 7 nitrogen and oxygen atoms in total. The summed E-state index contributed by atoms with van der Waals surface area (Å²) >= 11 is 1.48. The lowest BCUT2D eigenvalue weighted by atomic mass is 10.1. The molecule has 0 fully saturated rings. The molecule has 0 atom stereocenters. The Labute approximate surface area is 200 Å². The number of furan rings is 1. The van der Waals surface area contributed by atoms with Crippen LogP contribution in [-0.2, 0) is 4.74 Å². The first-order valence-electron chi connectivity index (χ1n) is 10.7. The lowest BCUT2D eigenvalue weighted by Gasteiger charge is -2.09. The third-order valence-corrected chi connectivity index (χ3v) is 6.46. The van der Waals surface area contributed by atoms with Gasteiger partial charge < -0.3 is 14.5 Å². The first-order chi connectivity index (χ1) is 16.4. The number of carbonyl (C=O) groups is 1. The van der Waals surface area contributed by atoms with Gasteiger partial charge in [0.25, 0.3) is 0 Å². The highest BCUT2D eigenvalue weighted by atomic mass is 32.1. The maximum Gasteiger partial charge on any atom is 0.342 e. The van der Waals surface area contributed by atoms with E-state index in [0.29, 0.717) is 39.4 Å². The summed E-state index contributed by atoms with van der Waals surface area (Å²) in [7, 11) is 1.35. The van der Waals surface area contributed by atoms with Crippen molar-refractivity contribution in [3.05, 3.63) is 77.3 Å². The molecule has 0 saturated carbocycles. The number of carbonyl (C=O) groups excluding carboxylic acids is 1. The van der Waals surface area contributed by atoms with Crippen molar-refractivity contribution in [3.63, 3.8) is 0 Å². The molecule has 0 saturated heterocycles. The summed E-state index contributed by atoms with van der Waals surface area (Å²) in [5.74, 6) is 1.50. The van der Waals surface area contributed by atoms with Gasteiger partial charge in [-0.25, -0.2) is 19.7 Å². The number of methoxy groups -OCH3 is 1. The normalized spacial score (nSPS) is 11.1. The number of hydrogen-bond acceptors (Lipinski definition) is 8. The van der Waals surface area contributed by atoms with Crippen molar-refractivity contribution in [2.75, 3.05) is 12.4 Å². The highest BCUT2D eigenvalue weighted by Gasteiger charge is 2.28. The average Bonchev–Trinajstić information content (AvgIpc) is 3.38. The second kappa shape index (κ2) is 8.72. The number of aryl methyl sites for hydroxylation is 3. The first kappa shape index (κ1) is 21.8. The fourth-order valence-corrected chi connectivity index (χ4v) is 4.80. The second-order valence-electron chi connectivity index (χ2n) is 7.89. The zero-order valence-electron chi connectivity index (χ0n) is 19.2. The molecular weight excluding hydrogens is 448 g/mol. The number of anilines is 2.